The Bertz CT molecular complexity index is 992. The molecule has 0 unspecified atom stereocenters. The Labute approximate surface area is 177 Å². The van der Waals surface area contributed by atoms with E-state index in [4.69, 9.17) is 0 Å². The number of para-hydroxylation sites is 2. The molecule has 0 radical (unpaired) electrons. The Kier molecular flexibility index (Phi) is 7.30. The fraction of sp³-hybridized carbons (Fsp3) is 0.450. The maximum Gasteiger partial charge on any atom is 0.434 e. The van der Waals surface area contributed by atoms with Crippen LogP contribution in [0.1, 0.15) is 29.9 Å². The first-order chi connectivity index (χ1) is 14.4. The molecule has 0 amide bonds. The Morgan fingerprint density at radius 3 is 2.73 bits per heavy atom. The van der Waals surface area contributed by atoms with Gasteiger partial charge in [-0.05, 0) is 32.4 Å². The zero-order valence-electron chi connectivity index (χ0n) is 17.0. The second kappa shape index (κ2) is 9.92. The highest BCUT2D eigenvalue weighted by molar-refractivity contribution is 7.09. The van der Waals surface area contributed by atoms with Crippen LogP contribution in [0, 0.1) is 6.92 Å². The Balaban J connectivity index is 1.49. The van der Waals surface area contributed by atoms with Crippen LogP contribution in [0.3, 0.4) is 0 Å². The third-order valence-corrected chi connectivity index (χ3v) is 5.38. The van der Waals surface area contributed by atoms with Crippen LogP contribution in [0.15, 0.2) is 34.6 Å². The molecule has 0 saturated carbocycles. The van der Waals surface area contributed by atoms with Crippen molar-refractivity contribution in [2.75, 3.05) is 19.6 Å². The number of benzene rings is 1. The summed E-state index contributed by atoms with van der Waals surface area (Å²) >= 11 is 1.02. The average Bonchev–Trinajstić information content (AvgIpc) is 3.29. The summed E-state index contributed by atoms with van der Waals surface area (Å²) in [5, 5.41) is 7.82. The lowest BCUT2D eigenvalue weighted by atomic mass is 10.3. The summed E-state index contributed by atoms with van der Waals surface area (Å²) in [7, 11) is 0. The van der Waals surface area contributed by atoms with Crippen molar-refractivity contribution in [3.05, 3.63) is 46.2 Å². The number of hydrogen-bond donors (Lipinski definition) is 2. The predicted octanol–water partition coefficient (Wildman–Crippen LogP) is 4.01. The first-order valence-corrected chi connectivity index (χ1v) is 10.7. The lowest BCUT2D eigenvalue weighted by Crippen LogP contribution is -2.38. The maximum absolute atomic E-state index is 12.6. The minimum absolute atomic E-state index is 0.408. The third kappa shape index (κ3) is 5.71. The van der Waals surface area contributed by atoms with Gasteiger partial charge in [0, 0.05) is 38.0 Å². The second-order valence-electron chi connectivity index (χ2n) is 6.71. The Morgan fingerprint density at radius 1 is 1.20 bits per heavy atom. The number of thiazole rings is 1. The van der Waals surface area contributed by atoms with Gasteiger partial charge >= 0.3 is 6.18 Å². The maximum atomic E-state index is 12.6. The minimum atomic E-state index is -4.39. The summed E-state index contributed by atoms with van der Waals surface area (Å²) in [5.41, 5.74) is 1.28. The largest absolute Gasteiger partial charge is 0.434 e. The van der Waals surface area contributed by atoms with Gasteiger partial charge in [0.1, 0.15) is 5.82 Å². The number of halogens is 3. The number of hydrogen-bond acceptors (Lipinski definition) is 4. The number of rotatable bonds is 8. The van der Waals surface area contributed by atoms with E-state index >= 15 is 0 Å². The van der Waals surface area contributed by atoms with Crippen molar-refractivity contribution in [3.63, 3.8) is 0 Å². The van der Waals surface area contributed by atoms with E-state index in [0.717, 1.165) is 46.5 Å². The van der Waals surface area contributed by atoms with Crippen molar-refractivity contribution >= 4 is 28.3 Å². The number of imidazole rings is 1. The van der Waals surface area contributed by atoms with E-state index < -0.39 is 11.9 Å². The molecule has 0 aliphatic rings. The molecule has 2 N–H and O–H groups in total. The molecular weight excluding hydrogens is 413 g/mol. The van der Waals surface area contributed by atoms with Crippen molar-refractivity contribution in [3.8, 4) is 0 Å². The molecule has 0 saturated heterocycles. The summed E-state index contributed by atoms with van der Waals surface area (Å²) in [6.45, 7) is 6.56. The normalized spacial score (nSPS) is 12.5. The van der Waals surface area contributed by atoms with Crippen LogP contribution in [0.5, 0.6) is 0 Å². The number of alkyl halides is 3. The predicted molar refractivity (Wildman–Crippen MR) is 114 cm³/mol. The van der Waals surface area contributed by atoms with E-state index in [9.17, 15) is 13.2 Å². The molecule has 6 nitrogen and oxygen atoms in total. The molecule has 3 aromatic rings. The first kappa shape index (κ1) is 22.1. The number of nitrogens with zero attached hydrogens (tertiary/aromatic N) is 4. The van der Waals surface area contributed by atoms with Gasteiger partial charge in [-0.2, -0.15) is 13.2 Å². The van der Waals surface area contributed by atoms with Crippen LogP contribution in [-0.4, -0.2) is 40.1 Å². The molecular formula is C20H25F3N6S. The molecule has 10 heteroatoms. The number of guanidine groups is 1. The highest BCUT2D eigenvalue weighted by atomic mass is 32.1. The average molecular weight is 439 g/mol. The highest BCUT2D eigenvalue weighted by Gasteiger charge is 2.33. The Hall–Kier alpha value is -2.62. The van der Waals surface area contributed by atoms with Gasteiger partial charge in [-0.15, -0.1) is 11.3 Å². The summed E-state index contributed by atoms with van der Waals surface area (Å²) in [6.07, 6.45) is -3.14. The van der Waals surface area contributed by atoms with Crippen molar-refractivity contribution in [1.29, 1.82) is 0 Å². The summed E-state index contributed by atoms with van der Waals surface area (Å²) in [6, 6.07) is 8.05. The zero-order valence-corrected chi connectivity index (χ0v) is 17.8. The molecule has 30 heavy (non-hydrogen) atoms. The number of aromatic nitrogens is 3. The molecule has 0 aliphatic carbocycles. The van der Waals surface area contributed by atoms with E-state index in [1.54, 1.807) is 0 Å². The zero-order chi connectivity index (χ0) is 21.6. The van der Waals surface area contributed by atoms with E-state index in [2.05, 4.69) is 36.2 Å². The van der Waals surface area contributed by atoms with E-state index in [0.29, 0.717) is 37.0 Å². The number of aryl methyl sites for hydroxylation is 2. The van der Waals surface area contributed by atoms with Crippen molar-refractivity contribution in [1.82, 2.24) is 25.2 Å². The molecule has 0 spiro atoms. The highest BCUT2D eigenvalue weighted by Crippen LogP contribution is 2.30. The molecule has 0 bridgehead atoms. The van der Waals surface area contributed by atoms with E-state index in [1.807, 2.05) is 32.0 Å². The van der Waals surface area contributed by atoms with Crippen LogP contribution < -0.4 is 10.6 Å². The number of aliphatic imine (C=N–C) groups is 1. The van der Waals surface area contributed by atoms with Gasteiger partial charge in [0.25, 0.3) is 0 Å². The first-order valence-electron chi connectivity index (χ1n) is 9.84. The van der Waals surface area contributed by atoms with Crippen LogP contribution >= 0.6 is 11.3 Å². The quantitative estimate of drug-likeness (QED) is 0.317. The van der Waals surface area contributed by atoms with Crippen LogP contribution in [0.2, 0.25) is 0 Å². The molecule has 0 atom stereocenters. The van der Waals surface area contributed by atoms with Crippen molar-refractivity contribution in [2.24, 2.45) is 4.99 Å². The second-order valence-corrected chi connectivity index (χ2v) is 7.66. The molecule has 2 aromatic heterocycles. The fourth-order valence-electron chi connectivity index (χ4n) is 3.08. The fourth-order valence-corrected chi connectivity index (χ4v) is 3.89. The van der Waals surface area contributed by atoms with Gasteiger partial charge < -0.3 is 15.2 Å². The number of fused-ring (bicyclic) bond motifs is 1. The van der Waals surface area contributed by atoms with Crippen LogP contribution in [0.4, 0.5) is 13.2 Å². The summed E-state index contributed by atoms with van der Waals surface area (Å²) in [4.78, 5) is 12.8. The van der Waals surface area contributed by atoms with Gasteiger partial charge in [-0.25, -0.2) is 9.97 Å². The van der Waals surface area contributed by atoms with Gasteiger partial charge in [0.15, 0.2) is 11.7 Å². The lowest BCUT2D eigenvalue weighted by Gasteiger charge is -2.11. The SMILES string of the molecule is CCNC(=NCCCn1c(C)nc2ccccc21)NCCc1nc(C(F)(F)F)cs1. The molecule has 2 heterocycles. The molecule has 0 aliphatic heterocycles. The van der Waals surface area contributed by atoms with Crippen molar-refractivity contribution in [2.45, 2.75) is 39.4 Å². The molecule has 0 fully saturated rings. The summed E-state index contributed by atoms with van der Waals surface area (Å²) in [5.74, 6) is 1.63. The molecule has 1 aromatic carbocycles. The van der Waals surface area contributed by atoms with Gasteiger partial charge in [0.05, 0.1) is 16.0 Å². The van der Waals surface area contributed by atoms with E-state index in [-0.39, 0.29) is 0 Å². The monoisotopic (exact) mass is 438 g/mol. The third-order valence-electron chi connectivity index (χ3n) is 4.47. The number of nitrogens with one attached hydrogen (secondary N) is 2. The van der Waals surface area contributed by atoms with Crippen molar-refractivity contribution < 1.29 is 13.2 Å². The molecule has 3 rings (SSSR count). The lowest BCUT2D eigenvalue weighted by molar-refractivity contribution is -0.140. The van der Waals surface area contributed by atoms with Crippen LogP contribution in [-0.2, 0) is 19.1 Å². The van der Waals surface area contributed by atoms with Gasteiger partial charge in [-0.1, -0.05) is 12.1 Å². The standard InChI is InChI=1S/C20H25F3N6S/c1-3-24-19(26-11-9-18-28-17(13-30-18)20(21,22)23)25-10-6-12-29-14(2)27-15-7-4-5-8-16(15)29/h4-5,7-8,13H,3,6,9-12H2,1-2H3,(H2,24,25,26). The molecule has 162 valence electrons. The summed E-state index contributed by atoms with van der Waals surface area (Å²) < 4.78 is 40.1. The van der Waals surface area contributed by atoms with E-state index in [1.165, 1.54) is 0 Å². The van der Waals surface area contributed by atoms with Crippen LogP contribution in [0.25, 0.3) is 11.0 Å². The van der Waals surface area contributed by atoms with Gasteiger partial charge in [0.2, 0.25) is 0 Å². The Morgan fingerprint density at radius 2 is 2.00 bits per heavy atom. The topological polar surface area (TPSA) is 67.1 Å². The van der Waals surface area contributed by atoms with Gasteiger partial charge in [-0.3, -0.25) is 4.99 Å². The smallest absolute Gasteiger partial charge is 0.357 e. The minimum Gasteiger partial charge on any atom is -0.357 e.